The van der Waals surface area contributed by atoms with Crippen molar-refractivity contribution in [3.8, 4) is 0 Å². The molecule has 17 heavy (non-hydrogen) atoms. The van der Waals surface area contributed by atoms with Gasteiger partial charge in [0.1, 0.15) is 4.83 Å². The van der Waals surface area contributed by atoms with Gasteiger partial charge in [-0.15, -0.1) is 0 Å². The zero-order valence-corrected chi connectivity index (χ0v) is 11.2. The van der Waals surface area contributed by atoms with Crippen LogP contribution in [-0.2, 0) is 16.0 Å². The lowest BCUT2D eigenvalue weighted by atomic mass is 10.1. The Kier molecular flexibility index (Phi) is 4.89. The molecule has 0 aliphatic heterocycles. The van der Waals surface area contributed by atoms with Gasteiger partial charge in [-0.2, -0.15) is 0 Å². The summed E-state index contributed by atoms with van der Waals surface area (Å²) in [5.74, 6) is -0.451. The molecule has 5 nitrogen and oxygen atoms in total. The Morgan fingerprint density at radius 3 is 2.82 bits per heavy atom. The molecule has 1 aromatic rings. The fourth-order valence-corrected chi connectivity index (χ4v) is 1.97. The number of esters is 1. The van der Waals surface area contributed by atoms with E-state index in [4.69, 9.17) is 11.6 Å². The maximum Gasteiger partial charge on any atom is 0.319 e. The molecule has 0 saturated carbocycles. The Bertz CT molecular complexity index is 452. The number of hydrogen-bond acceptors (Lipinski definition) is 4. The SMILES string of the molecule is COC(=O)C(Br)Cc1cc([N+](=O)[O-])ccc1Cl. The summed E-state index contributed by atoms with van der Waals surface area (Å²) in [5, 5.41) is 11.0. The number of rotatable bonds is 4. The minimum absolute atomic E-state index is 0.0611. The van der Waals surface area contributed by atoms with Crippen LogP contribution in [0.1, 0.15) is 5.56 Å². The Labute approximate surface area is 111 Å². The van der Waals surface area contributed by atoms with Crippen molar-refractivity contribution in [3.63, 3.8) is 0 Å². The summed E-state index contributed by atoms with van der Waals surface area (Å²) in [6, 6.07) is 4.10. The van der Waals surface area contributed by atoms with Crippen LogP contribution in [0.2, 0.25) is 5.02 Å². The number of hydrogen-bond donors (Lipinski definition) is 0. The minimum atomic E-state index is -0.577. The third-order valence-corrected chi connectivity index (χ3v) is 3.16. The number of nitrogens with zero attached hydrogens (tertiary/aromatic N) is 1. The second-order valence-corrected chi connectivity index (χ2v) is 4.74. The molecular formula is C10H9BrClNO4. The van der Waals surface area contributed by atoms with Crippen molar-refractivity contribution in [1.82, 2.24) is 0 Å². The van der Waals surface area contributed by atoms with Crippen molar-refractivity contribution in [2.24, 2.45) is 0 Å². The van der Waals surface area contributed by atoms with Crippen LogP contribution in [0.5, 0.6) is 0 Å². The topological polar surface area (TPSA) is 69.4 Å². The van der Waals surface area contributed by atoms with Crippen LogP contribution in [0, 0.1) is 10.1 Å². The second kappa shape index (κ2) is 5.97. The van der Waals surface area contributed by atoms with E-state index in [2.05, 4.69) is 20.7 Å². The Morgan fingerprint density at radius 1 is 1.65 bits per heavy atom. The highest BCUT2D eigenvalue weighted by molar-refractivity contribution is 9.10. The summed E-state index contributed by atoms with van der Waals surface area (Å²) >= 11 is 9.03. The van der Waals surface area contributed by atoms with E-state index < -0.39 is 15.7 Å². The molecular weight excluding hydrogens is 313 g/mol. The smallest absolute Gasteiger partial charge is 0.319 e. The molecule has 0 fully saturated rings. The maximum absolute atomic E-state index is 11.2. The standard InChI is InChI=1S/C10H9BrClNO4/c1-17-10(14)8(11)5-6-4-7(13(15)16)2-3-9(6)12/h2-4,8H,5H2,1H3. The Hall–Kier alpha value is -1.14. The number of benzene rings is 1. The first kappa shape index (κ1) is 13.9. The van der Waals surface area contributed by atoms with Crippen LogP contribution in [0.25, 0.3) is 0 Å². The van der Waals surface area contributed by atoms with E-state index >= 15 is 0 Å². The van der Waals surface area contributed by atoms with E-state index in [1.165, 1.54) is 25.3 Å². The Morgan fingerprint density at radius 2 is 2.29 bits per heavy atom. The molecule has 92 valence electrons. The van der Waals surface area contributed by atoms with Crippen molar-refractivity contribution >= 4 is 39.2 Å². The van der Waals surface area contributed by atoms with Crippen LogP contribution >= 0.6 is 27.5 Å². The van der Waals surface area contributed by atoms with Gasteiger partial charge >= 0.3 is 5.97 Å². The number of non-ortho nitro benzene ring substituents is 1. The summed E-state index contributed by atoms with van der Waals surface area (Å²) in [4.78, 5) is 20.7. The van der Waals surface area contributed by atoms with Gasteiger partial charge in [-0.3, -0.25) is 14.9 Å². The molecule has 1 aromatic carbocycles. The second-order valence-electron chi connectivity index (χ2n) is 3.23. The average molecular weight is 323 g/mol. The molecule has 0 heterocycles. The minimum Gasteiger partial charge on any atom is -0.468 e. The molecule has 0 saturated heterocycles. The molecule has 1 unspecified atom stereocenters. The maximum atomic E-state index is 11.2. The largest absolute Gasteiger partial charge is 0.468 e. The predicted octanol–water partition coefficient (Wildman–Crippen LogP) is 2.73. The normalized spacial score (nSPS) is 11.9. The van der Waals surface area contributed by atoms with Crippen LogP contribution < -0.4 is 0 Å². The zero-order valence-electron chi connectivity index (χ0n) is 8.85. The number of alkyl halides is 1. The molecule has 7 heteroatoms. The molecule has 0 aliphatic rings. The number of ether oxygens (including phenoxy) is 1. The molecule has 1 rings (SSSR count). The lowest BCUT2D eigenvalue weighted by molar-refractivity contribution is -0.384. The van der Waals surface area contributed by atoms with Gasteiger partial charge in [-0.1, -0.05) is 27.5 Å². The van der Waals surface area contributed by atoms with Crippen LogP contribution in [0.4, 0.5) is 5.69 Å². The first-order chi connectivity index (χ1) is 7.95. The van der Waals surface area contributed by atoms with Gasteiger partial charge in [0.2, 0.25) is 0 Å². The first-order valence-corrected chi connectivity index (χ1v) is 5.89. The highest BCUT2D eigenvalue weighted by Gasteiger charge is 2.19. The van der Waals surface area contributed by atoms with Crippen molar-refractivity contribution in [2.75, 3.05) is 7.11 Å². The lowest BCUT2D eigenvalue weighted by Gasteiger charge is -2.08. The van der Waals surface area contributed by atoms with Crippen LogP contribution in [0.15, 0.2) is 18.2 Å². The number of carbonyl (C=O) groups is 1. The summed E-state index contributed by atoms with van der Waals surface area (Å²) in [7, 11) is 1.27. The van der Waals surface area contributed by atoms with Gasteiger partial charge in [0.25, 0.3) is 5.69 Å². The van der Waals surface area contributed by atoms with Crippen molar-refractivity contribution < 1.29 is 14.5 Å². The van der Waals surface area contributed by atoms with E-state index in [0.717, 1.165) is 0 Å². The van der Waals surface area contributed by atoms with Crippen molar-refractivity contribution in [2.45, 2.75) is 11.2 Å². The highest BCUT2D eigenvalue weighted by atomic mass is 79.9. The van der Waals surface area contributed by atoms with Gasteiger partial charge in [-0.05, 0) is 18.1 Å². The molecule has 0 aliphatic carbocycles. The highest BCUT2D eigenvalue weighted by Crippen LogP contribution is 2.24. The molecule has 0 aromatic heterocycles. The molecule has 0 radical (unpaired) electrons. The molecule has 0 spiro atoms. The predicted molar refractivity (Wildman–Crippen MR) is 66.5 cm³/mol. The Balaban J connectivity index is 2.93. The van der Waals surface area contributed by atoms with Gasteiger partial charge in [0.05, 0.1) is 12.0 Å². The molecule has 0 bridgehead atoms. The molecule has 1 atom stereocenters. The number of halogens is 2. The van der Waals surface area contributed by atoms with Crippen LogP contribution in [-0.4, -0.2) is 22.8 Å². The fraction of sp³-hybridized carbons (Fsp3) is 0.300. The van der Waals surface area contributed by atoms with Gasteiger partial charge in [0, 0.05) is 17.2 Å². The average Bonchev–Trinajstić information content (AvgIpc) is 2.30. The van der Waals surface area contributed by atoms with Gasteiger partial charge in [0.15, 0.2) is 0 Å². The third-order valence-electron chi connectivity index (χ3n) is 2.10. The van der Waals surface area contributed by atoms with Gasteiger partial charge in [-0.25, -0.2) is 0 Å². The molecule has 0 amide bonds. The van der Waals surface area contributed by atoms with E-state index in [-0.39, 0.29) is 12.1 Å². The van der Waals surface area contributed by atoms with Crippen LogP contribution in [0.3, 0.4) is 0 Å². The van der Waals surface area contributed by atoms with Crippen molar-refractivity contribution in [1.29, 1.82) is 0 Å². The number of carbonyl (C=O) groups excluding carboxylic acids is 1. The third kappa shape index (κ3) is 3.67. The van der Waals surface area contributed by atoms with E-state index in [1.54, 1.807) is 0 Å². The quantitative estimate of drug-likeness (QED) is 0.370. The first-order valence-electron chi connectivity index (χ1n) is 4.60. The van der Waals surface area contributed by atoms with Crippen molar-refractivity contribution in [3.05, 3.63) is 38.9 Å². The monoisotopic (exact) mass is 321 g/mol. The van der Waals surface area contributed by atoms with E-state index in [0.29, 0.717) is 10.6 Å². The number of nitro groups is 1. The number of nitro benzene ring substituents is 1. The van der Waals surface area contributed by atoms with Gasteiger partial charge < -0.3 is 4.74 Å². The summed E-state index contributed by atoms with van der Waals surface area (Å²) in [6.45, 7) is 0. The van der Waals surface area contributed by atoms with E-state index in [9.17, 15) is 14.9 Å². The summed E-state index contributed by atoms with van der Waals surface area (Å²) < 4.78 is 4.54. The summed E-state index contributed by atoms with van der Waals surface area (Å²) in [5.41, 5.74) is 0.460. The van der Waals surface area contributed by atoms with E-state index in [1.807, 2.05) is 0 Å². The molecule has 0 N–H and O–H groups in total. The zero-order chi connectivity index (χ0) is 13.0. The summed E-state index contributed by atoms with van der Waals surface area (Å²) in [6.07, 6.45) is 0.229. The lowest BCUT2D eigenvalue weighted by Crippen LogP contribution is -2.18. The fourth-order valence-electron chi connectivity index (χ4n) is 1.24. The number of methoxy groups -OCH3 is 1.